The number of nitrogens with one attached hydrogen (secondary N) is 1. The molecular weight excluding hydrogens is 409 g/mol. The molecule has 0 aliphatic carbocycles. The molecule has 0 radical (unpaired) electrons. The second kappa shape index (κ2) is 8.18. The standard InChI is InChI=1S/C19H14Cl3N3O2/c20-13-6-12(7-14(21)8-13)19(27)25-5-1-2-17(25)18(26)24-15-4-3-11(10-23)16(22)9-15/h3-4,6-9,17H,1-2,5H2,(H,24,26). The van der Waals surface area contributed by atoms with Crippen LogP contribution >= 0.6 is 34.8 Å². The molecular formula is C19H14Cl3N3O2. The van der Waals surface area contributed by atoms with Gasteiger partial charge in [-0.05, 0) is 49.2 Å². The number of nitrogens with zero attached hydrogens (tertiary/aromatic N) is 2. The molecule has 0 spiro atoms. The third-order valence-electron chi connectivity index (χ3n) is 4.28. The number of amides is 2. The predicted molar refractivity (Wildman–Crippen MR) is 105 cm³/mol. The molecule has 0 aromatic heterocycles. The van der Waals surface area contributed by atoms with E-state index in [-0.39, 0.29) is 16.8 Å². The lowest BCUT2D eigenvalue weighted by Crippen LogP contribution is -2.43. The number of anilines is 1. The van der Waals surface area contributed by atoms with Crippen molar-refractivity contribution in [1.29, 1.82) is 5.26 Å². The van der Waals surface area contributed by atoms with E-state index in [0.29, 0.717) is 46.2 Å². The summed E-state index contributed by atoms with van der Waals surface area (Å²) in [5.74, 6) is -0.607. The highest BCUT2D eigenvalue weighted by atomic mass is 35.5. The molecule has 2 aromatic carbocycles. The quantitative estimate of drug-likeness (QED) is 0.775. The first kappa shape index (κ1) is 19.5. The lowest BCUT2D eigenvalue weighted by molar-refractivity contribution is -0.119. The normalized spacial score (nSPS) is 16.1. The molecule has 1 unspecified atom stereocenters. The summed E-state index contributed by atoms with van der Waals surface area (Å²) in [6, 6.07) is 10.6. The first-order chi connectivity index (χ1) is 12.9. The van der Waals surface area contributed by atoms with E-state index in [0.717, 1.165) is 0 Å². The Morgan fingerprint density at radius 2 is 1.81 bits per heavy atom. The zero-order valence-corrected chi connectivity index (χ0v) is 16.3. The molecule has 1 fully saturated rings. The van der Waals surface area contributed by atoms with E-state index in [2.05, 4.69) is 5.32 Å². The molecule has 1 aliphatic rings. The second-order valence-electron chi connectivity index (χ2n) is 6.11. The number of carbonyl (C=O) groups is 2. The van der Waals surface area contributed by atoms with Crippen LogP contribution in [0.2, 0.25) is 15.1 Å². The first-order valence-electron chi connectivity index (χ1n) is 8.16. The van der Waals surface area contributed by atoms with Crippen LogP contribution in [0.4, 0.5) is 5.69 Å². The van der Waals surface area contributed by atoms with E-state index in [1.54, 1.807) is 12.1 Å². The maximum Gasteiger partial charge on any atom is 0.254 e. The molecule has 1 N–H and O–H groups in total. The van der Waals surface area contributed by atoms with E-state index in [1.807, 2.05) is 6.07 Å². The van der Waals surface area contributed by atoms with Gasteiger partial charge in [0.05, 0.1) is 10.6 Å². The number of nitriles is 1. The lowest BCUT2D eigenvalue weighted by Gasteiger charge is -2.24. The summed E-state index contributed by atoms with van der Waals surface area (Å²) in [6.45, 7) is 0.467. The summed E-state index contributed by atoms with van der Waals surface area (Å²) < 4.78 is 0. The number of carbonyl (C=O) groups excluding carboxylic acids is 2. The van der Waals surface area contributed by atoms with Crippen LogP contribution in [-0.4, -0.2) is 29.3 Å². The average Bonchev–Trinajstić information content (AvgIpc) is 3.10. The van der Waals surface area contributed by atoms with Crippen molar-refractivity contribution in [2.75, 3.05) is 11.9 Å². The van der Waals surface area contributed by atoms with Crippen molar-refractivity contribution < 1.29 is 9.59 Å². The average molecular weight is 423 g/mol. The highest BCUT2D eigenvalue weighted by molar-refractivity contribution is 6.35. The molecule has 0 saturated carbocycles. The summed E-state index contributed by atoms with van der Waals surface area (Å²) in [7, 11) is 0. The molecule has 8 heteroatoms. The van der Waals surface area contributed by atoms with Gasteiger partial charge in [0.15, 0.2) is 0 Å². The Kier molecular flexibility index (Phi) is 5.91. The van der Waals surface area contributed by atoms with Gasteiger partial charge in [0, 0.05) is 27.8 Å². The zero-order chi connectivity index (χ0) is 19.6. The maximum atomic E-state index is 12.8. The Morgan fingerprint density at radius 1 is 1.11 bits per heavy atom. The van der Waals surface area contributed by atoms with E-state index < -0.39 is 6.04 Å². The molecule has 27 heavy (non-hydrogen) atoms. The van der Waals surface area contributed by atoms with Gasteiger partial charge in [-0.2, -0.15) is 5.26 Å². The largest absolute Gasteiger partial charge is 0.327 e. The van der Waals surface area contributed by atoms with Gasteiger partial charge in [-0.3, -0.25) is 9.59 Å². The van der Waals surface area contributed by atoms with Crippen LogP contribution in [0.5, 0.6) is 0 Å². The highest BCUT2D eigenvalue weighted by Gasteiger charge is 2.34. The molecule has 2 aromatic rings. The van der Waals surface area contributed by atoms with Crippen LogP contribution in [0.15, 0.2) is 36.4 Å². The molecule has 0 bridgehead atoms. The van der Waals surface area contributed by atoms with Gasteiger partial charge in [0.2, 0.25) is 5.91 Å². The second-order valence-corrected chi connectivity index (χ2v) is 7.39. The molecule has 1 saturated heterocycles. The van der Waals surface area contributed by atoms with E-state index in [4.69, 9.17) is 40.1 Å². The monoisotopic (exact) mass is 421 g/mol. The molecule has 5 nitrogen and oxygen atoms in total. The van der Waals surface area contributed by atoms with E-state index >= 15 is 0 Å². The predicted octanol–water partition coefficient (Wildman–Crippen LogP) is 4.76. The third-order valence-corrected chi connectivity index (χ3v) is 5.03. The fraction of sp³-hybridized carbons (Fsp3) is 0.211. The van der Waals surface area contributed by atoms with Gasteiger partial charge in [-0.25, -0.2) is 0 Å². The summed E-state index contributed by atoms with van der Waals surface area (Å²) in [4.78, 5) is 27.0. The Morgan fingerprint density at radius 3 is 2.44 bits per heavy atom. The number of halogens is 3. The lowest BCUT2D eigenvalue weighted by atomic mass is 10.1. The van der Waals surface area contributed by atoms with Crippen molar-refractivity contribution in [2.45, 2.75) is 18.9 Å². The SMILES string of the molecule is N#Cc1ccc(NC(=O)C2CCCN2C(=O)c2cc(Cl)cc(Cl)c2)cc1Cl. The summed E-state index contributed by atoms with van der Waals surface area (Å²) in [6.07, 6.45) is 1.27. The fourth-order valence-electron chi connectivity index (χ4n) is 3.03. The number of benzene rings is 2. The van der Waals surface area contributed by atoms with Gasteiger partial charge in [0.25, 0.3) is 5.91 Å². The van der Waals surface area contributed by atoms with E-state index in [1.165, 1.54) is 29.2 Å². The Hall–Kier alpha value is -2.26. The van der Waals surface area contributed by atoms with Crippen molar-refractivity contribution in [1.82, 2.24) is 4.90 Å². The van der Waals surface area contributed by atoms with Crippen molar-refractivity contribution >= 4 is 52.3 Å². The Labute approximate surface area is 171 Å². The third kappa shape index (κ3) is 4.36. The number of hydrogen-bond donors (Lipinski definition) is 1. The minimum absolute atomic E-state index is 0.253. The van der Waals surface area contributed by atoms with Crippen LogP contribution in [0, 0.1) is 11.3 Å². The molecule has 3 rings (SSSR count). The van der Waals surface area contributed by atoms with Crippen LogP contribution < -0.4 is 5.32 Å². The van der Waals surface area contributed by atoms with E-state index in [9.17, 15) is 9.59 Å². The number of likely N-dealkylation sites (tertiary alicyclic amines) is 1. The van der Waals surface area contributed by atoms with Gasteiger partial charge in [-0.1, -0.05) is 34.8 Å². The van der Waals surface area contributed by atoms with Crippen LogP contribution in [0.1, 0.15) is 28.8 Å². The van der Waals surface area contributed by atoms with Crippen LogP contribution in [-0.2, 0) is 4.79 Å². The smallest absolute Gasteiger partial charge is 0.254 e. The number of rotatable bonds is 3. The van der Waals surface area contributed by atoms with Crippen molar-refractivity contribution in [2.24, 2.45) is 0 Å². The van der Waals surface area contributed by atoms with Crippen LogP contribution in [0.3, 0.4) is 0 Å². The van der Waals surface area contributed by atoms with Crippen molar-refractivity contribution in [3.8, 4) is 6.07 Å². The summed E-state index contributed by atoms with van der Waals surface area (Å²) in [5, 5.41) is 12.7. The topological polar surface area (TPSA) is 73.2 Å². The molecule has 1 heterocycles. The van der Waals surface area contributed by atoms with Crippen molar-refractivity contribution in [3.05, 3.63) is 62.6 Å². The van der Waals surface area contributed by atoms with Gasteiger partial charge in [-0.15, -0.1) is 0 Å². The Bertz CT molecular complexity index is 935. The molecule has 1 atom stereocenters. The molecule has 138 valence electrons. The summed E-state index contributed by atoms with van der Waals surface area (Å²) >= 11 is 18.0. The fourth-order valence-corrected chi connectivity index (χ4v) is 3.78. The molecule has 2 amide bonds. The zero-order valence-electron chi connectivity index (χ0n) is 14.0. The highest BCUT2D eigenvalue weighted by Crippen LogP contribution is 2.26. The van der Waals surface area contributed by atoms with Gasteiger partial charge >= 0.3 is 0 Å². The summed E-state index contributed by atoms with van der Waals surface area (Å²) in [5.41, 5.74) is 1.13. The Balaban J connectivity index is 1.77. The minimum atomic E-state index is -0.607. The van der Waals surface area contributed by atoms with Crippen molar-refractivity contribution in [3.63, 3.8) is 0 Å². The van der Waals surface area contributed by atoms with Gasteiger partial charge < -0.3 is 10.2 Å². The first-order valence-corrected chi connectivity index (χ1v) is 9.30. The maximum absolute atomic E-state index is 12.8. The van der Waals surface area contributed by atoms with Gasteiger partial charge in [0.1, 0.15) is 12.1 Å². The van der Waals surface area contributed by atoms with Crippen LogP contribution in [0.25, 0.3) is 0 Å². The number of hydrogen-bond acceptors (Lipinski definition) is 3. The molecule has 1 aliphatic heterocycles. The minimum Gasteiger partial charge on any atom is -0.327 e.